The van der Waals surface area contributed by atoms with E-state index in [-0.39, 0.29) is 16.7 Å². The molecule has 0 bridgehead atoms. The van der Waals surface area contributed by atoms with E-state index in [0.29, 0.717) is 11.7 Å². The number of hydrogen-bond donors (Lipinski definition) is 0. The van der Waals surface area contributed by atoms with Gasteiger partial charge in [0, 0.05) is 19.0 Å². The molecule has 0 aromatic carbocycles. The molecule has 1 unspecified atom stereocenters. The van der Waals surface area contributed by atoms with E-state index in [1.165, 1.54) is 6.20 Å². The van der Waals surface area contributed by atoms with Crippen molar-refractivity contribution < 1.29 is 9.72 Å². The van der Waals surface area contributed by atoms with E-state index in [2.05, 4.69) is 4.98 Å². The van der Waals surface area contributed by atoms with Gasteiger partial charge in [-0.3, -0.25) is 14.9 Å². The van der Waals surface area contributed by atoms with E-state index in [1.807, 2.05) is 4.90 Å². The summed E-state index contributed by atoms with van der Waals surface area (Å²) in [7, 11) is 0. The molecule has 2 rings (SSSR count). The normalized spacial score (nSPS) is 20.3. The molecule has 1 aliphatic heterocycles. The molecule has 0 radical (unpaired) electrons. The molecular formula is C10H13N3O3S. The Morgan fingerprint density at radius 2 is 2.47 bits per heavy atom. The van der Waals surface area contributed by atoms with E-state index < -0.39 is 4.92 Å². The molecule has 1 saturated heterocycles. The van der Waals surface area contributed by atoms with Crippen LogP contribution in [-0.2, 0) is 4.79 Å². The van der Waals surface area contributed by atoms with Crippen LogP contribution < -0.4 is 4.90 Å². The van der Waals surface area contributed by atoms with Crippen LogP contribution in [0.15, 0.2) is 6.20 Å². The van der Waals surface area contributed by atoms with Gasteiger partial charge in [-0.15, -0.1) is 0 Å². The summed E-state index contributed by atoms with van der Waals surface area (Å²) in [4.78, 5) is 27.5. The van der Waals surface area contributed by atoms with Gasteiger partial charge in [-0.1, -0.05) is 0 Å². The molecule has 0 amide bonds. The minimum absolute atomic E-state index is 0.0340. The van der Waals surface area contributed by atoms with Crippen molar-refractivity contribution in [2.75, 3.05) is 18.0 Å². The van der Waals surface area contributed by atoms with Crippen LogP contribution in [0.3, 0.4) is 0 Å². The van der Waals surface area contributed by atoms with Crippen molar-refractivity contribution in [3.05, 3.63) is 16.3 Å². The van der Waals surface area contributed by atoms with Gasteiger partial charge < -0.3 is 4.90 Å². The zero-order valence-electron chi connectivity index (χ0n) is 9.46. The van der Waals surface area contributed by atoms with Crippen molar-refractivity contribution in [1.29, 1.82) is 0 Å². The largest absolute Gasteiger partial charge is 0.347 e. The highest BCUT2D eigenvalue weighted by Crippen LogP contribution is 2.31. The maximum absolute atomic E-state index is 11.3. The average Bonchev–Trinajstić information content (AvgIpc) is 2.78. The predicted molar refractivity (Wildman–Crippen MR) is 64.4 cm³/mol. The summed E-state index contributed by atoms with van der Waals surface area (Å²) in [6.07, 6.45) is 3.11. The lowest BCUT2D eigenvalue weighted by molar-refractivity contribution is -0.380. The number of anilines is 1. The second-order valence-electron chi connectivity index (χ2n) is 4.13. The number of nitrogens with zero attached hydrogens (tertiary/aromatic N) is 3. The predicted octanol–water partition coefficient (Wildman–Crippen LogP) is 1.86. The lowest BCUT2D eigenvalue weighted by Crippen LogP contribution is -2.37. The molecule has 0 N–H and O–H groups in total. The van der Waals surface area contributed by atoms with E-state index in [9.17, 15) is 14.9 Å². The Morgan fingerprint density at radius 1 is 1.71 bits per heavy atom. The number of ketones is 1. The van der Waals surface area contributed by atoms with Crippen LogP contribution in [0.1, 0.15) is 19.8 Å². The average molecular weight is 255 g/mol. The molecule has 17 heavy (non-hydrogen) atoms. The Bertz CT molecular complexity index is 446. The van der Waals surface area contributed by atoms with Crippen LogP contribution >= 0.6 is 11.3 Å². The number of Topliss-reactive ketones (excluding diaryl/α,β-unsaturated/α-hetero) is 1. The van der Waals surface area contributed by atoms with Gasteiger partial charge in [0.2, 0.25) is 0 Å². The summed E-state index contributed by atoms with van der Waals surface area (Å²) in [5, 5.41) is 11.3. The van der Waals surface area contributed by atoms with Gasteiger partial charge in [-0.25, -0.2) is 4.98 Å². The highest BCUT2D eigenvalue weighted by molar-refractivity contribution is 7.18. The summed E-state index contributed by atoms with van der Waals surface area (Å²) >= 11 is 1.07. The minimum Gasteiger partial charge on any atom is -0.347 e. The van der Waals surface area contributed by atoms with E-state index >= 15 is 0 Å². The fraction of sp³-hybridized carbons (Fsp3) is 0.600. The van der Waals surface area contributed by atoms with Gasteiger partial charge in [-0.05, 0) is 31.1 Å². The number of carbonyl (C=O) groups excluding carboxylic acids is 1. The van der Waals surface area contributed by atoms with Crippen LogP contribution in [0.25, 0.3) is 0 Å². The second-order valence-corrected chi connectivity index (χ2v) is 5.12. The molecule has 2 heterocycles. The van der Waals surface area contributed by atoms with E-state index in [0.717, 1.165) is 30.7 Å². The van der Waals surface area contributed by atoms with Gasteiger partial charge in [0.05, 0.1) is 4.92 Å². The van der Waals surface area contributed by atoms with Crippen molar-refractivity contribution in [2.24, 2.45) is 5.92 Å². The fourth-order valence-corrected chi connectivity index (χ4v) is 2.74. The quantitative estimate of drug-likeness (QED) is 0.608. The second kappa shape index (κ2) is 4.79. The number of hydrogen-bond acceptors (Lipinski definition) is 6. The van der Waals surface area contributed by atoms with Gasteiger partial charge in [-0.2, -0.15) is 0 Å². The van der Waals surface area contributed by atoms with Gasteiger partial charge in [0.1, 0.15) is 12.0 Å². The fourth-order valence-electron chi connectivity index (χ4n) is 1.97. The minimum atomic E-state index is -0.437. The molecule has 0 spiro atoms. The van der Waals surface area contributed by atoms with Crippen molar-refractivity contribution in [2.45, 2.75) is 19.8 Å². The topological polar surface area (TPSA) is 76.3 Å². The molecule has 1 aliphatic rings. The maximum Gasteiger partial charge on any atom is 0.345 e. The molecule has 1 aromatic rings. The van der Waals surface area contributed by atoms with Crippen LogP contribution in [-0.4, -0.2) is 28.8 Å². The van der Waals surface area contributed by atoms with Gasteiger partial charge >= 0.3 is 5.00 Å². The third-order valence-electron chi connectivity index (χ3n) is 2.93. The Labute approximate surface area is 102 Å². The van der Waals surface area contributed by atoms with Crippen LogP contribution in [0.5, 0.6) is 0 Å². The number of thiazole rings is 1. The number of piperidine rings is 1. The first-order valence-corrected chi connectivity index (χ1v) is 6.25. The molecule has 1 aromatic heterocycles. The van der Waals surface area contributed by atoms with Gasteiger partial charge in [0.25, 0.3) is 0 Å². The Hall–Kier alpha value is -1.50. The molecular weight excluding hydrogens is 242 g/mol. The lowest BCUT2D eigenvalue weighted by Gasteiger charge is -2.30. The van der Waals surface area contributed by atoms with E-state index in [1.54, 1.807) is 6.92 Å². The monoisotopic (exact) mass is 255 g/mol. The molecule has 7 heteroatoms. The third-order valence-corrected chi connectivity index (χ3v) is 3.94. The lowest BCUT2D eigenvalue weighted by atomic mass is 9.95. The molecule has 1 fully saturated rings. The van der Waals surface area contributed by atoms with Crippen LogP contribution in [0, 0.1) is 16.0 Å². The summed E-state index contributed by atoms with van der Waals surface area (Å²) < 4.78 is 0. The molecule has 6 nitrogen and oxygen atoms in total. The van der Waals surface area contributed by atoms with Crippen LogP contribution in [0.2, 0.25) is 0 Å². The van der Waals surface area contributed by atoms with Crippen molar-refractivity contribution in [3.8, 4) is 0 Å². The summed E-state index contributed by atoms with van der Waals surface area (Å²) in [5.41, 5.74) is 0. The summed E-state index contributed by atoms with van der Waals surface area (Å²) in [5.74, 6) is 0.215. The molecule has 0 saturated carbocycles. The van der Waals surface area contributed by atoms with Crippen molar-refractivity contribution in [3.63, 3.8) is 0 Å². The Morgan fingerprint density at radius 3 is 3.06 bits per heavy atom. The third kappa shape index (κ3) is 2.60. The molecule has 1 atom stereocenters. The zero-order chi connectivity index (χ0) is 12.4. The van der Waals surface area contributed by atoms with Crippen molar-refractivity contribution in [1.82, 2.24) is 4.98 Å². The summed E-state index contributed by atoms with van der Waals surface area (Å²) in [6.45, 7) is 3.03. The standard InChI is InChI=1S/C10H13N3O3S/c1-7(14)8-3-2-4-12(6-8)10-11-5-9(17-10)13(15)16/h5,8H,2-4,6H2,1H3. The number of carbonyl (C=O) groups is 1. The first-order chi connectivity index (χ1) is 8.08. The zero-order valence-corrected chi connectivity index (χ0v) is 10.3. The smallest absolute Gasteiger partial charge is 0.345 e. The number of aromatic nitrogens is 1. The van der Waals surface area contributed by atoms with Gasteiger partial charge in [0.15, 0.2) is 5.13 Å². The first kappa shape index (κ1) is 12.0. The highest BCUT2D eigenvalue weighted by atomic mass is 32.1. The Kier molecular flexibility index (Phi) is 3.37. The van der Waals surface area contributed by atoms with Crippen molar-refractivity contribution >= 4 is 27.3 Å². The molecule has 0 aliphatic carbocycles. The summed E-state index contributed by atoms with van der Waals surface area (Å²) in [6, 6.07) is 0. The van der Waals surface area contributed by atoms with Crippen LogP contribution in [0.4, 0.5) is 10.1 Å². The highest BCUT2D eigenvalue weighted by Gasteiger charge is 2.26. The number of rotatable bonds is 3. The number of nitro groups is 1. The first-order valence-electron chi connectivity index (χ1n) is 5.43. The maximum atomic E-state index is 11.3. The van der Waals surface area contributed by atoms with E-state index in [4.69, 9.17) is 0 Å². The SMILES string of the molecule is CC(=O)C1CCCN(c2ncc([N+](=O)[O-])s2)C1. The Balaban J connectivity index is 2.10. The molecule has 92 valence electrons.